The van der Waals surface area contributed by atoms with E-state index in [9.17, 15) is 50.4 Å². The fraction of sp³-hybridized carbons (Fsp3) is 0.714. The molecule has 0 bridgehead atoms. The highest BCUT2D eigenvalue weighted by Crippen LogP contribution is 2.44. The molecule has 0 radical (unpaired) electrons. The zero-order chi connectivity index (χ0) is 43.3. The molecule has 0 saturated carbocycles. The Balaban J connectivity index is 1.48. The van der Waals surface area contributed by atoms with Crippen molar-refractivity contribution in [2.75, 3.05) is 13.2 Å². The number of carbonyl (C=O) groups excluding carboxylic acids is 2. The number of allylic oxidation sites excluding steroid dienone is 2. The molecule has 57 heavy (non-hydrogen) atoms. The SMILES string of the molecule is CC(C)(C)C1=CC(C(C)(C)C)CC(C(=O)OC[C@H]2O[C@H](O[C@@H]3OC(COC(=O)c4cc(C(C)(C)C)cc(C(C)(C)C)c4O)[C@@H](O)C(O)C3O)C(O)C(O)[C@@H]2O)=C1O. The molecule has 3 aliphatic rings. The van der Waals surface area contributed by atoms with Gasteiger partial charge in [-0.1, -0.05) is 95.2 Å². The highest BCUT2D eigenvalue weighted by Gasteiger charge is 2.50. The molecule has 15 heteroatoms. The van der Waals surface area contributed by atoms with Gasteiger partial charge in [-0.3, -0.25) is 0 Å². The maximum Gasteiger partial charge on any atom is 0.342 e. The molecule has 1 aromatic carbocycles. The average molecular weight is 809 g/mol. The van der Waals surface area contributed by atoms with E-state index in [4.69, 9.17) is 23.7 Å². The number of phenols is 1. The predicted octanol–water partition coefficient (Wildman–Crippen LogP) is 3.17. The number of aliphatic hydroxyl groups excluding tert-OH is 7. The van der Waals surface area contributed by atoms with E-state index in [2.05, 4.69) is 0 Å². The van der Waals surface area contributed by atoms with Crippen LogP contribution < -0.4 is 0 Å². The molecule has 2 heterocycles. The van der Waals surface area contributed by atoms with E-state index in [0.29, 0.717) is 11.1 Å². The van der Waals surface area contributed by atoms with E-state index in [1.807, 2.05) is 95.2 Å². The maximum absolute atomic E-state index is 13.4. The molecule has 2 aliphatic heterocycles. The number of aliphatic hydroxyl groups is 7. The van der Waals surface area contributed by atoms with E-state index in [0.717, 1.165) is 5.56 Å². The molecule has 1 aliphatic carbocycles. The number of ether oxygens (including phenoxy) is 5. The third kappa shape index (κ3) is 10.4. The number of benzene rings is 1. The molecular formula is C42H64O15. The van der Waals surface area contributed by atoms with Gasteiger partial charge in [0.05, 0.1) is 5.57 Å². The summed E-state index contributed by atoms with van der Waals surface area (Å²) in [6.07, 6.45) is -15.8. The third-order valence-corrected chi connectivity index (χ3v) is 10.9. The summed E-state index contributed by atoms with van der Waals surface area (Å²) in [6, 6.07) is 3.34. The molecule has 6 unspecified atom stereocenters. The zero-order valence-corrected chi connectivity index (χ0v) is 35.1. The Morgan fingerprint density at radius 1 is 0.649 bits per heavy atom. The predicted molar refractivity (Wildman–Crippen MR) is 206 cm³/mol. The van der Waals surface area contributed by atoms with Crippen LogP contribution in [0, 0.1) is 16.7 Å². The highest BCUT2D eigenvalue weighted by atomic mass is 16.8. The van der Waals surface area contributed by atoms with Crippen molar-refractivity contribution in [3.8, 4) is 5.75 Å². The van der Waals surface area contributed by atoms with Gasteiger partial charge >= 0.3 is 11.9 Å². The van der Waals surface area contributed by atoms with Gasteiger partial charge in [-0.15, -0.1) is 0 Å². The number of hydrogen-bond donors (Lipinski definition) is 8. The molecule has 8 N–H and O–H groups in total. The van der Waals surface area contributed by atoms with Crippen molar-refractivity contribution in [3.05, 3.63) is 51.8 Å². The zero-order valence-electron chi connectivity index (χ0n) is 35.1. The van der Waals surface area contributed by atoms with Crippen LogP contribution in [0.15, 0.2) is 35.1 Å². The smallest absolute Gasteiger partial charge is 0.342 e. The first-order chi connectivity index (χ1) is 25.9. The molecule has 322 valence electrons. The monoisotopic (exact) mass is 808 g/mol. The molecule has 1 aromatic rings. The second-order valence-electron chi connectivity index (χ2n) is 19.6. The van der Waals surface area contributed by atoms with E-state index in [1.54, 1.807) is 0 Å². The van der Waals surface area contributed by atoms with E-state index < -0.39 is 103 Å². The van der Waals surface area contributed by atoms with Gasteiger partial charge in [-0.25, -0.2) is 9.59 Å². The Hall–Kier alpha value is -3.12. The van der Waals surface area contributed by atoms with Crippen LogP contribution in [0.3, 0.4) is 0 Å². The van der Waals surface area contributed by atoms with Crippen LogP contribution in [0.4, 0.5) is 0 Å². The lowest BCUT2D eigenvalue weighted by Gasteiger charge is -2.44. The molecule has 15 nitrogen and oxygen atoms in total. The Morgan fingerprint density at radius 3 is 1.54 bits per heavy atom. The summed E-state index contributed by atoms with van der Waals surface area (Å²) >= 11 is 0. The molecule has 2 saturated heterocycles. The van der Waals surface area contributed by atoms with Gasteiger partial charge < -0.3 is 64.5 Å². The van der Waals surface area contributed by atoms with Gasteiger partial charge in [0, 0.05) is 5.56 Å². The summed E-state index contributed by atoms with van der Waals surface area (Å²) in [6.45, 7) is 21.9. The summed E-state index contributed by atoms with van der Waals surface area (Å²) in [5.41, 5.74) is 0.0632. The molecule has 0 amide bonds. The average Bonchev–Trinajstić information content (AvgIpc) is 3.08. The fourth-order valence-electron chi connectivity index (χ4n) is 6.90. The first kappa shape index (κ1) is 46.6. The van der Waals surface area contributed by atoms with Gasteiger partial charge in [0.1, 0.15) is 79.1 Å². The molecule has 0 aromatic heterocycles. The summed E-state index contributed by atoms with van der Waals surface area (Å²) in [5, 5.41) is 86.7. The van der Waals surface area contributed by atoms with Crippen molar-refractivity contribution in [3.63, 3.8) is 0 Å². The van der Waals surface area contributed by atoms with Crippen LogP contribution in [0.2, 0.25) is 0 Å². The van der Waals surface area contributed by atoms with Gasteiger partial charge in [0.15, 0.2) is 12.6 Å². The lowest BCUT2D eigenvalue weighted by molar-refractivity contribution is -0.376. The summed E-state index contributed by atoms with van der Waals surface area (Å²) in [4.78, 5) is 26.8. The fourth-order valence-corrected chi connectivity index (χ4v) is 6.90. The summed E-state index contributed by atoms with van der Waals surface area (Å²) in [7, 11) is 0. The van der Waals surface area contributed by atoms with Crippen LogP contribution in [-0.4, -0.2) is 127 Å². The van der Waals surface area contributed by atoms with E-state index in [-0.39, 0.29) is 40.4 Å². The Bertz CT molecular complexity index is 1690. The molecule has 11 atom stereocenters. The summed E-state index contributed by atoms with van der Waals surface area (Å²) < 4.78 is 28.0. The summed E-state index contributed by atoms with van der Waals surface area (Å²) in [5.74, 6) is -2.43. The van der Waals surface area contributed by atoms with Crippen molar-refractivity contribution in [1.82, 2.24) is 0 Å². The molecule has 4 rings (SSSR count). The minimum atomic E-state index is -1.94. The van der Waals surface area contributed by atoms with Gasteiger partial charge in [-0.2, -0.15) is 0 Å². The maximum atomic E-state index is 13.4. The first-order valence-electron chi connectivity index (χ1n) is 19.4. The lowest BCUT2D eigenvalue weighted by atomic mass is 9.69. The van der Waals surface area contributed by atoms with Gasteiger partial charge in [-0.05, 0) is 51.2 Å². The van der Waals surface area contributed by atoms with E-state index >= 15 is 0 Å². The Labute approximate surface area is 334 Å². The topological polar surface area (TPSA) is 242 Å². The van der Waals surface area contributed by atoms with Crippen LogP contribution in [0.5, 0.6) is 5.75 Å². The van der Waals surface area contributed by atoms with Crippen molar-refractivity contribution in [2.45, 2.75) is 162 Å². The number of rotatable bonds is 8. The molecule has 0 spiro atoms. The third-order valence-electron chi connectivity index (χ3n) is 10.9. The lowest BCUT2D eigenvalue weighted by Crippen LogP contribution is -2.64. The van der Waals surface area contributed by atoms with Crippen LogP contribution in [-0.2, 0) is 39.3 Å². The number of carbonyl (C=O) groups is 2. The molecule has 2 fully saturated rings. The molecular weight excluding hydrogens is 744 g/mol. The van der Waals surface area contributed by atoms with Gasteiger partial charge in [0.25, 0.3) is 0 Å². The highest BCUT2D eigenvalue weighted by molar-refractivity contribution is 5.93. The van der Waals surface area contributed by atoms with Crippen molar-refractivity contribution >= 4 is 11.9 Å². The van der Waals surface area contributed by atoms with Crippen LogP contribution in [0.25, 0.3) is 0 Å². The number of phenolic OH excluding ortho intramolecular Hbond substituents is 1. The largest absolute Gasteiger partial charge is 0.507 e. The van der Waals surface area contributed by atoms with Crippen molar-refractivity contribution in [1.29, 1.82) is 0 Å². The second kappa shape index (κ2) is 16.9. The standard InChI is InChI=1S/C42H64O15/c1-39(2,3)19-13-21(27(43)23(15-19)41(7,8)9)35(51)53-17-25-29(45)31(47)33(49)37(55-25)57-38-34(50)32(48)30(46)26(56-38)18-54-36(52)22-14-20(40(4,5)6)16-24(28(22)44)42(10,11)12/h13,15-16,20,25-26,29-34,37-38,43-50H,14,17-18H2,1-12H3/t20?,25?,26-,29-,30-,31?,32?,33?,34?,37+,38-/m1/s1. The Kier molecular flexibility index (Phi) is 13.8. The van der Waals surface area contributed by atoms with Crippen molar-refractivity contribution < 1.29 is 74.1 Å². The second-order valence-corrected chi connectivity index (χ2v) is 19.6. The van der Waals surface area contributed by atoms with Crippen LogP contribution in [0.1, 0.15) is 111 Å². The normalized spacial score (nSPS) is 31.8. The van der Waals surface area contributed by atoms with Gasteiger partial charge in [0.2, 0.25) is 0 Å². The quantitative estimate of drug-likeness (QED) is 0.176. The van der Waals surface area contributed by atoms with Crippen LogP contribution >= 0.6 is 0 Å². The number of hydrogen-bond acceptors (Lipinski definition) is 15. The number of aromatic hydroxyl groups is 1. The minimum Gasteiger partial charge on any atom is -0.507 e. The minimum absolute atomic E-state index is 0.0332. The Morgan fingerprint density at radius 2 is 1.12 bits per heavy atom. The number of esters is 2. The van der Waals surface area contributed by atoms with Crippen molar-refractivity contribution in [2.24, 2.45) is 16.7 Å². The van der Waals surface area contributed by atoms with E-state index in [1.165, 1.54) is 6.07 Å². The first-order valence-corrected chi connectivity index (χ1v) is 19.4.